The van der Waals surface area contributed by atoms with Crippen LogP contribution in [-0.4, -0.2) is 33.7 Å². The molecule has 0 saturated carbocycles. The first-order valence-electron chi connectivity index (χ1n) is 8.30. The standard InChI is InChI=1S/C18H21N3O3/c1-3-9-20(10-4-2)16(22)12-21-17-13-7-5-6-8-15(13)24-18(23)14(17)11-19-21/h5-8,11H,3-4,9-10,12H2,1-2H3. The first kappa shape index (κ1) is 16.2. The highest BCUT2D eigenvalue weighted by molar-refractivity contribution is 6.02. The highest BCUT2D eigenvalue weighted by Crippen LogP contribution is 2.22. The summed E-state index contributed by atoms with van der Waals surface area (Å²) in [4.78, 5) is 26.6. The number of hydrogen-bond donors (Lipinski definition) is 0. The van der Waals surface area contributed by atoms with Crippen molar-refractivity contribution in [2.45, 2.75) is 33.2 Å². The first-order valence-corrected chi connectivity index (χ1v) is 8.30. The molecule has 0 spiro atoms. The Kier molecular flexibility index (Phi) is 4.64. The minimum atomic E-state index is -0.429. The number of aromatic nitrogens is 2. The van der Waals surface area contributed by atoms with Crippen molar-refractivity contribution >= 4 is 27.8 Å². The Morgan fingerprint density at radius 3 is 2.58 bits per heavy atom. The second kappa shape index (κ2) is 6.86. The lowest BCUT2D eigenvalue weighted by Crippen LogP contribution is -2.35. The molecule has 0 atom stereocenters. The Labute approximate surface area is 139 Å². The van der Waals surface area contributed by atoms with E-state index in [1.165, 1.54) is 6.20 Å². The van der Waals surface area contributed by atoms with Gasteiger partial charge in [0.1, 0.15) is 17.5 Å². The molecule has 0 N–H and O–H groups in total. The first-order chi connectivity index (χ1) is 11.7. The molecule has 6 nitrogen and oxygen atoms in total. The van der Waals surface area contributed by atoms with E-state index in [0.717, 1.165) is 31.3 Å². The molecule has 3 rings (SSSR count). The number of carbonyl (C=O) groups excluding carboxylic acids is 1. The van der Waals surface area contributed by atoms with E-state index in [-0.39, 0.29) is 12.5 Å². The van der Waals surface area contributed by atoms with Gasteiger partial charge in [0.15, 0.2) is 0 Å². The molecule has 24 heavy (non-hydrogen) atoms. The zero-order valence-electron chi connectivity index (χ0n) is 14.0. The van der Waals surface area contributed by atoms with E-state index in [1.807, 2.05) is 23.1 Å². The van der Waals surface area contributed by atoms with Gasteiger partial charge in [-0.3, -0.25) is 9.48 Å². The predicted molar refractivity (Wildman–Crippen MR) is 92.9 cm³/mol. The van der Waals surface area contributed by atoms with Crippen LogP contribution in [0.4, 0.5) is 0 Å². The van der Waals surface area contributed by atoms with Crippen molar-refractivity contribution in [1.29, 1.82) is 0 Å². The predicted octanol–water partition coefficient (Wildman–Crippen LogP) is 2.79. The van der Waals surface area contributed by atoms with Crippen molar-refractivity contribution < 1.29 is 9.21 Å². The van der Waals surface area contributed by atoms with Crippen molar-refractivity contribution in [3.63, 3.8) is 0 Å². The molecule has 0 radical (unpaired) electrons. The van der Waals surface area contributed by atoms with Crippen molar-refractivity contribution in [3.05, 3.63) is 40.9 Å². The number of rotatable bonds is 6. The summed E-state index contributed by atoms with van der Waals surface area (Å²) in [5.74, 6) is 0.0148. The fourth-order valence-corrected chi connectivity index (χ4v) is 2.97. The Morgan fingerprint density at radius 2 is 1.88 bits per heavy atom. The van der Waals surface area contributed by atoms with E-state index in [0.29, 0.717) is 16.5 Å². The van der Waals surface area contributed by atoms with E-state index in [4.69, 9.17) is 4.42 Å². The summed E-state index contributed by atoms with van der Waals surface area (Å²) in [7, 11) is 0. The number of hydrogen-bond acceptors (Lipinski definition) is 4. The molecule has 0 aliphatic heterocycles. The van der Waals surface area contributed by atoms with Gasteiger partial charge in [0.05, 0.1) is 11.7 Å². The molecule has 0 saturated heterocycles. The van der Waals surface area contributed by atoms with Gasteiger partial charge in [-0.25, -0.2) is 4.79 Å². The maximum atomic E-state index is 12.6. The van der Waals surface area contributed by atoms with Crippen LogP contribution in [0, 0.1) is 0 Å². The number of carbonyl (C=O) groups is 1. The summed E-state index contributed by atoms with van der Waals surface area (Å²) in [6, 6.07) is 7.31. The van der Waals surface area contributed by atoms with E-state index < -0.39 is 5.63 Å². The van der Waals surface area contributed by atoms with Crippen LogP contribution in [0.15, 0.2) is 39.7 Å². The van der Waals surface area contributed by atoms with Crippen molar-refractivity contribution in [1.82, 2.24) is 14.7 Å². The summed E-state index contributed by atoms with van der Waals surface area (Å²) >= 11 is 0. The molecule has 126 valence electrons. The largest absolute Gasteiger partial charge is 0.422 e. The summed E-state index contributed by atoms with van der Waals surface area (Å²) in [6.45, 7) is 5.69. The zero-order chi connectivity index (χ0) is 17.1. The summed E-state index contributed by atoms with van der Waals surface area (Å²) < 4.78 is 6.92. The second-order valence-electron chi connectivity index (χ2n) is 5.83. The van der Waals surface area contributed by atoms with E-state index in [9.17, 15) is 9.59 Å². The Bertz CT molecular complexity index is 920. The van der Waals surface area contributed by atoms with E-state index in [2.05, 4.69) is 18.9 Å². The molecular formula is C18H21N3O3. The molecule has 0 aliphatic carbocycles. The topological polar surface area (TPSA) is 68.3 Å². The second-order valence-corrected chi connectivity index (χ2v) is 5.83. The van der Waals surface area contributed by atoms with E-state index in [1.54, 1.807) is 10.7 Å². The average molecular weight is 327 g/mol. The van der Waals surface area contributed by atoms with Gasteiger partial charge >= 0.3 is 5.63 Å². The molecule has 2 aromatic heterocycles. The van der Waals surface area contributed by atoms with Gasteiger partial charge in [0, 0.05) is 18.5 Å². The van der Waals surface area contributed by atoms with Gasteiger partial charge in [-0.15, -0.1) is 0 Å². The SMILES string of the molecule is CCCN(CCC)C(=O)Cn1ncc2c(=O)oc3ccccc3c21. The fourth-order valence-electron chi connectivity index (χ4n) is 2.97. The number of fused-ring (bicyclic) bond motifs is 3. The summed E-state index contributed by atoms with van der Waals surface area (Å²) in [5.41, 5.74) is 0.729. The van der Waals surface area contributed by atoms with Crippen LogP contribution in [0.2, 0.25) is 0 Å². The highest BCUT2D eigenvalue weighted by Gasteiger charge is 2.17. The molecule has 0 fully saturated rings. The molecule has 0 bridgehead atoms. The van der Waals surface area contributed by atoms with E-state index >= 15 is 0 Å². The third-order valence-electron chi connectivity index (χ3n) is 4.03. The highest BCUT2D eigenvalue weighted by atomic mass is 16.4. The van der Waals surface area contributed by atoms with Crippen molar-refractivity contribution in [2.75, 3.05) is 13.1 Å². The number of nitrogens with zero attached hydrogens (tertiary/aromatic N) is 3. The number of amides is 1. The zero-order valence-corrected chi connectivity index (χ0v) is 14.0. The van der Waals surface area contributed by atoms with Gasteiger partial charge in [0.2, 0.25) is 5.91 Å². The Balaban J connectivity index is 2.04. The molecule has 3 aromatic rings. The normalized spacial score (nSPS) is 11.2. The maximum absolute atomic E-state index is 12.6. The minimum Gasteiger partial charge on any atom is -0.422 e. The molecule has 1 amide bonds. The monoisotopic (exact) mass is 327 g/mol. The lowest BCUT2D eigenvalue weighted by Gasteiger charge is -2.21. The minimum absolute atomic E-state index is 0.0148. The van der Waals surface area contributed by atoms with Crippen molar-refractivity contribution in [3.8, 4) is 0 Å². The van der Waals surface area contributed by atoms with Crippen LogP contribution < -0.4 is 5.63 Å². The number of para-hydroxylation sites is 1. The average Bonchev–Trinajstić information content (AvgIpc) is 2.99. The van der Waals surface area contributed by atoms with Crippen LogP contribution in [-0.2, 0) is 11.3 Å². The Morgan fingerprint density at radius 1 is 1.17 bits per heavy atom. The third kappa shape index (κ3) is 2.91. The quantitative estimate of drug-likeness (QED) is 0.653. The van der Waals surface area contributed by atoms with Gasteiger partial charge in [-0.2, -0.15) is 5.10 Å². The third-order valence-corrected chi connectivity index (χ3v) is 4.03. The number of benzene rings is 1. The molecule has 6 heteroatoms. The maximum Gasteiger partial charge on any atom is 0.347 e. The van der Waals surface area contributed by atoms with Crippen LogP contribution in [0.1, 0.15) is 26.7 Å². The molecule has 0 unspecified atom stereocenters. The molecule has 1 aromatic carbocycles. The lowest BCUT2D eigenvalue weighted by atomic mass is 10.2. The summed E-state index contributed by atoms with van der Waals surface area (Å²) in [6.07, 6.45) is 3.31. The molecule has 2 heterocycles. The molecule has 0 aliphatic rings. The van der Waals surface area contributed by atoms with Gasteiger partial charge in [-0.05, 0) is 25.0 Å². The fraction of sp³-hybridized carbons (Fsp3) is 0.389. The molecular weight excluding hydrogens is 306 g/mol. The van der Waals surface area contributed by atoms with Gasteiger partial charge in [0.25, 0.3) is 0 Å². The van der Waals surface area contributed by atoms with Crippen LogP contribution in [0.3, 0.4) is 0 Å². The van der Waals surface area contributed by atoms with Crippen LogP contribution in [0.25, 0.3) is 21.9 Å². The van der Waals surface area contributed by atoms with Gasteiger partial charge in [-0.1, -0.05) is 26.0 Å². The summed E-state index contributed by atoms with van der Waals surface area (Å²) in [5, 5.41) is 5.45. The van der Waals surface area contributed by atoms with Crippen molar-refractivity contribution in [2.24, 2.45) is 0 Å². The van der Waals surface area contributed by atoms with Crippen LogP contribution >= 0.6 is 0 Å². The lowest BCUT2D eigenvalue weighted by molar-refractivity contribution is -0.132. The van der Waals surface area contributed by atoms with Gasteiger partial charge < -0.3 is 9.32 Å². The Hall–Kier alpha value is -2.63. The smallest absolute Gasteiger partial charge is 0.347 e. The van der Waals surface area contributed by atoms with Crippen LogP contribution in [0.5, 0.6) is 0 Å².